The van der Waals surface area contributed by atoms with E-state index in [-0.39, 0.29) is 5.82 Å². The number of nitrogens with zero attached hydrogens (tertiary/aromatic N) is 2. The third-order valence-electron chi connectivity index (χ3n) is 2.19. The molecule has 1 aromatic rings. The lowest BCUT2D eigenvalue weighted by Crippen LogP contribution is -2.33. The average Bonchev–Trinajstić information content (AvgIpc) is 2.25. The van der Waals surface area contributed by atoms with E-state index < -0.39 is 21.4 Å². The molecule has 0 amide bonds. The summed E-state index contributed by atoms with van der Waals surface area (Å²) in [6.45, 7) is 3.53. The van der Waals surface area contributed by atoms with Crippen LogP contribution in [0.25, 0.3) is 0 Å². The van der Waals surface area contributed by atoms with Crippen LogP contribution < -0.4 is 5.14 Å². The van der Waals surface area contributed by atoms with E-state index in [0.29, 0.717) is 11.6 Å². The molecule has 0 saturated heterocycles. The first-order valence-corrected chi connectivity index (χ1v) is 6.95. The molecule has 0 aromatic carbocycles. The average molecular weight is 280 g/mol. The van der Waals surface area contributed by atoms with E-state index in [0.717, 1.165) is 0 Å². The number of ether oxygens (including phenoxy) is 1. The molecular weight excluding hydrogens is 266 g/mol. The van der Waals surface area contributed by atoms with Gasteiger partial charge in [-0.15, -0.1) is 0 Å². The fourth-order valence-corrected chi connectivity index (χ4v) is 1.88. The molecule has 1 aromatic heterocycles. The topological polar surface area (TPSA) is 95.2 Å². The van der Waals surface area contributed by atoms with Crippen LogP contribution in [0.5, 0.6) is 0 Å². The predicted molar refractivity (Wildman–Crippen MR) is 64.0 cm³/mol. The molecular formula is C9H14ClN3O3S. The first-order chi connectivity index (χ1) is 7.86. The minimum atomic E-state index is -3.72. The molecule has 8 heteroatoms. The zero-order chi connectivity index (χ0) is 13.1. The van der Waals surface area contributed by atoms with Crippen LogP contribution in [0.1, 0.15) is 25.8 Å². The van der Waals surface area contributed by atoms with Crippen molar-refractivity contribution in [2.24, 2.45) is 5.14 Å². The first kappa shape index (κ1) is 14.3. The van der Waals surface area contributed by atoms with Gasteiger partial charge in [0.25, 0.3) is 0 Å². The van der Waals surface area contributed by atoms with Gasteiger partial charge in [-0.05, 0) is 13.8 Å². The number of nitrogens with two attached hydrogens (primary N) is 1. The van der Waals surface area contributed by atoms with Crippen molar-refractivity contribution in [3.8, 4) is 0 Å². The Kier molecular flexibility index (Phi) is 4.81. The summed E-state index contributed by atoms with van der Waals surface area (Å²) in [4.78, 5) is 7.89. The lowest BCUT2D eigenvalue weighted by molar-refractivity contribution is 0.0557. The van der Waals surface area contributed by atoms with Gasteiger partial charge in [0.2, 0.25) is 10.0 Å². The molecule has 6 nitrogen and oxygen atoms in total. The Balaban J connectivity index is 3.05. The quantitative estimate of drug-likeness (QED) is 0.863. The summed E-state index contributed by atoms with van der Waals surface area (Å²) < 4.78 is 27.9. The number of primary sulfonamides is 1. The molecule has 0 aliphatic carbocycles. The summed E-state index contributed by atoms with van der Waals surface area (Å²) in [5, 5.41) is 4.53. The van der Waals surface area contributed by atoms with Gasteiger partial charge < -0.3 is 4.74 Å². The van der Waals surface area contributed by atoms with E-state index in [9.17, 15) is 8.42 Å². The maximum atomic E-state index is 11.3. The van der Waals surface area contributed by atoms with Gasteiger partial charge in [-0.2, -0.15) is 0 Å². The highest BCUT2D eigenvalue weighted by molar-refractivity contribution is 7.89. The van der Waals surface area contributed by atoms with Crippen molar-refractivity contribution in [3.63, 3.8) is 0 Å². The normalized spacial score (nSPS) is 15.5. The van der Waals surface area contributed by atoms with Crippen molar-refractivity contribution in [2.75, 3.05) is 6.61 Å². The molecule has 96 valence electrons. The Bertz CT molecular complexity index is 463. The molecule has 0 saturated carbocycles. The van der Waals surface area contributed by atoms with Gasteiger partial charge in [0.05, 0.1) is 5.02 Å². The third kappa shape index (κ3) is 3.88. The van der Waals surface area contributed by atoms with Crippen molar-refractivity contribution in [2.45, 2.75) is 25.2 Å². The lowest BCUT2D eigenvalue weighted by Gasteiger charge is -2.20. The molecule has 2 unspecified atom stereocenters. The standard InChI is InChI=1S/C9H14ClN3O3S/c1-3-16-8(6(2)17(11,14)15)9-12-4-7(10)5-13-9/h4-6,8H,3H2,1-2H3,(H2,11,14,15). The van der Waals surface area contributed by atoms with Gasteiger partial charge in [-0.1, -0.05) is 11.6 Å². The maximum absolute atomic E-state index is 11.3. The molecule has 1 rings (SSSR count). The Morgan fingerprint density at radius 1 is 1.47 bits per heavy atom. The molecule has 2 N–H and O–H groups in total. The highest BCUT2D eigenvalue weighted by Gasteiger charge is 2.30. The summed E-state index contributed by atoms with van der Waals surface area (Å²) in [7, 11) is -3.72. The Morgan fingerprint density at radius 2 is 2.00 bits per heavy atom. The fraction of sp³-hybridized carbons (Fsp3) is 0.556. The minimum Gasteiger partial charge on any atom is -0.369 e. The van der Waals surface area contributed by atoms with Crippen molar-refractivity contribution < 1.29 is 13.2 Å². The summed E-state index contributed by atoms with van der Waals surface area (Å²) in [5.74, 6) is 0.248. The third-order valence-corrected chi connectivity index (χ3v) is 3.66. The highest BCUT2D eigenvalue weighted by atomic mass is 35.5. The number of halogens is 1. The summed E-state index contributed by atoms with van der Waals surface area (Å²) in [5.41, 5.74) is 0. The number of rotatable bonds is 5. The zero-order valence-electron chi connectivity index (χ0n) is 9.50. The number of hydrogen-bond donors (Lipinski definition) is 1. The summed E-state index contributed by atoms with van der Waals surface area (Å²) in [6.07, 6.45) is 1.96. The van der Waals surface area contributed by atoms with E-state index in [1.54, 1.807) is 6.92 Å². The maximum Gasteiger partial charge on any atom is 0.214 e. The monoisotopic (exact) mass is 279 g/mol. The van der Waals surface area contributed by atoms with Gasteiger partial charge >= 0.3 is 0 Å². The van der Waals surface area contributed by atoms with Gasteiger partial charge in [0, 0.05) is 19.0 Å². The van der Waals surface area contributed by atoms with E-state index in [4.69, 9.17) is 21.5 Å². The van der Waals surface area contributed by atoms with Crippen LogP contribution in [0.15, 0.2) is 12.4 Å². The van der Waals surface area contributed by atoms with Crippen molar-refractivity contribution in [1.82, 2.24) is 9.97 Å². The van der Waals surface area contributed by atoms with Crippen LogP contribution in [0.3, 0.4) is 0 Å². The van der Waals surface area contributed by atoms with Crippen LogP contribution >= 0.6 is 11.6 Å². The predicted octanol–water partition coefficient (Wildman–Crippen LogP) is 0.885. The summed E-state index contributed by atoms with van der Waals surface area (Å²) >= 11 is 5.65. The molecule has 0 spiro atoms. The van der Waals surface area contributed by atoms with Gasteiger partial charge in [0.1, 0.15) is 11.4 Å². The van der Waals surface area contributed by atoms with Crippen molar-refractivity contribution >= 4 is 21.6 Å². The first-order valence-electron chi connectivity index (χ1n) is 4.97. The lowest BCUT2D eigenvalue weighted by atomic mass is 10.2. The smallest absolute Gasteiger partial charge is 0.214 e. The molecule has 17 heavy (non-hydrogen) atoms. The van der Waals surface area contributed by atoms with Crippen LogP contribution in [0.4, 0.5) is 0 Å². The van der Waals surface area contributed by atoms with E-state index in [1.807, 2.05) is 0 Å². The van der Waals surface area contributed by atoms with Crippen molar-refractivity contribution in [3.05, 3.63) is 23.2 Å². The van der Waals surface area contributed by atoms with Gasteiger partial charge in [-0.25, -0.2) is 23.5 Å². The molecule has 1 heterocycles. The second-order valence-corrected chi connectivity index (χ2v) is 5.79. The Labute approximate surface area is 105 Å². The molecule has 2 atom stereocenters. The molecule has 0 fully saturated rings. The van der Waals surface area contributed by atoms with Gasteiger partial charge in [0.15, 0.2) is 5.82 Å². The largest absolute Gasteiger partial charge is 0.369 e. The molecule has 0 aliphatic rings. The highest BCUT2D eigenvalue weighted by Crippen LogP contribution is 2.22. The SMILES string of the molecule is CCOC(c1ncc(Cl)cn1)C(C)S(N)(=O)=O. The second-order valence-electron chi connectivity index (χ2n) is 3.43. The Hall–Kier alpha value is -0.760. The van der Waals surface area contributed by atoms with Crippen molar-refractivity contribution in [1.29, 1.82) is 0 Å². The van der Waals surface area contributed by atoms with E-state index in [1.165, 1.54) is 19.3 Å². The minimum absolute atomic E-state index is 0.248. The van der Waals surface area contributed by atoms with Crippen LogP contribution in [-0.2, 0) is 14.8 Å². The fourth-order valence-electron chi connectivity index (χ4n) is 1.24. The second kappa shape index (κ2) is 5.72. The van der Waals surface area contributed by atoms with Gasteiger partial charge in [-0.3, -0.25) is 0 Å². The van der Waals surface area contributed by atoms with E-state index >= 15 is 0 Å². The number of sulfonamides is 1. The van der Waals surface area contributed by atoms with Crippen LogP contribution in [0.2, 0.25) is 5.02 Å². The number of aromatic nitrogens is 2. The van der Waals surface area contributed by atoms with Crippen LogP contribution in [0, 0.1) is 0 Å². The molecule has 0 bridgehead atoms. The molecule has 0 radical (unpaired) electrons. The summed E-state index contributed by atoms with van der Waals surface area (Å²) in [6, 6.07) is 0. The van der Waals surface area contributed by atoms with Crippen LogP contribution in [-0.4, -0.2) is 30.2 Å². The molecule has 0 aliphatic heterocycles. The Morgan fingerprint density at radius 3 is 2.41 bits per heavy atom. The zero-order valence-corrected chi connectivity index (χ0v) is 11.1. The van der Waals surface area contributed by atoms with E-state index in [2.05, 4.69) is 9.97 Å². The number of hydrogen-bond acceptors (Lipinski definition) is 5.